The van der Waals surface area contributed by atoms with Gasteiger partial charge in [0.15, 0.2) is 0 Å². The topological polar surface area (TPSA) is 21.3 Å². The molecular weight excluding hydrogens is 198 g/mol. The van der Waals surface area contributed by atoms with Gasteiger partial charge < -0.3 is 10.1 Å². The molecule has 1 aliphatic heterocycles. The Morgan fingerprint density at radius 3 is 2.75 bits per heavy atom. The Balaban J connectivity index is 2.14. The van der Waals surface area contributed by atoms with Crippen molar-refractivity contribution in [3.05, 3.63) is 47.7 Å². The van der Waals surface area contributed by atoms with Crippen LogP contribution in [0.5, 0.6) is 0 Å². The second kappa shape index (κ2) is 5.71. The predicted molar refractivity (Wildman–Crippen MR) is 66.1 cm³/mol. The maximum absolute atomic E-state index is 5.67. The van der Waals surface area contributed by atoms with Crippen molar-refractivity contribution >= 4 is 0 Å². The minimum atomic E-state index is 0.226. The minimum absolute atomic E-state index is 0.226. The standard InChI is InChI=1S/C14H19NO/c1-2-10-15-14(13-9-6-11-16-13)12-7-4-3-5-8-12/h3-5,7-9,14-15H,2,6,10-11H2,1H3. The molecule has 0 radical (unpaired) electrons. The molecule has 1 unspecified atom stereocenters. The molecule has 2 rings (SSSR count). The van der Waals surface area contributed by atoms with Crippen molar-refractivity contribution in [1.29, 1.82) is 0 Å². The van der Waals surface area contributed by atoms with E-state index in [0.717, 1.165) is 31.8 Å². The normalized spacial score (nSPS) is 16.7. The average Bonchev–Trinajstić information content (AvgIpc) is 2.85. The van der Waals surface area contributed by atoms with Gasteiger partial charge in [-0.15, -0.1) is 0 Å². The van der Waals surface area contributed by atoms with Gasteiger partial charge in [0.2, 0.25) is 0 Å². The van der Waals surface area contributed by atoms with Gasteiger partial charge in [-0.1, -0.05) is 37.3 Å². The SMILES string of the molecule is CCCNC(C1=CCCO1)c1ccccc1. The van der Waals surface area contributed by atoms with Crippen LogP contribution in [0.3, 0.4) is 0 Å². The highest BCUT2D eigenvalue weighted by atomic mass is 16.5. The fraction of sp³-hybridized carbons (Fsp3) is 0.429. The van der Waals surface area contributed by atoms with Crippen LogP contribution in [0.2, 0.25) is 0 Å². The van der Waals surface area contributed by atoms with Gasteiger partial charge in [0.25, 0.3) is 0 Å². The van der Waals surface area contributed by atoms with Crippen molar-refractivity contribution in [2.24, 2.45) is 0 Å². The molecule has 86 valence electrons. The van der Waals surface area contributed by atoms with Gasteiger partial charge in [0, 0.05) is 6.42 Å². The van der Waals surface area contributed by atoms with Gasteiger partial charge in [-0.25, -0.2) is 0 Å². The number of hydrogen-bond donors (Lipinski definition) is 1. The molecule has 0 saturated carbocycles. The lowest BCUT2D eigenvalue weighted by atomic mass is 10.0. The summed E-state index contributed by atoms with van der Waals surface area (Å²) < 4.78 is 5.67. The zero-order valence-electron chi connectivity index (χ0n) is 9.78. The smallest absolute Gasteiger partial charge is 0.114 e. The van der Waals surface area contributed by atoms with Gasteiger partial charge in [-0.3, -0.25) is 0 Å². The maximum atomic E-state index is 5.67. The first-order valence-corrected chi connectivity index (χ1v) is 6.03. The number of ether oxygens (including phenoxy) is 1. The number of hydrogen-bond acceptors (Lipinski definition) is 2. The lowest BCUT2D eigenvalue weighted by molar-refractivity contribution is 0.215. The quantitative estimate of drug-likeness (QED) is 0.818. The molecule has 0 fully saturated rings. The summed E-state index contributed by atoms with van der Waals surface area (Å²) in [7, 11) is 0. The van der Waals surface area contributed by atoms with E-state index in [1.165, 1.54) is 5.56 Å². The third-order valence-corrected chi connectivity index (χ3v) is 2.75. The summed E-state index contributed by atoms with van der Waals surface area (Å²) in [6.45, 7) is 4.02. The van der Waals surface area contributed by atoms with Gasteiger partial charge in [0.1, 0.15) is 5.76 Å². The maximum Gasteiger partial charge on any atom is 0.114 e. The molecule has 0 aromatic heterocycles. The Kier molecular flexibility index (Phi) is 4.00. The zero-order chi connectivity index (χ0) is 11.2. The lowest BCUT2D eigenvalue weighted by Gasteiger charge is -2.20. The summed E-state index contributed by atoms with van der Waals surface area (Å²) in [5, 5.41) is 3.53. The van der Waals surface area contributed by atoms with E-state index in [2.05, 4.69) is 42.6 Å². The first-order chi connectivity index (χ1) is 7.92. The first-order valence-electron chi connectivity index (χ1n) is 6.03. The summed E-state index contributed by atoms with van der Waals surface area (Å²) in [4.78, 5) is 0. The van der Waals surface area contributed by atoms with Crippen molar-refractivity contribution < 1.29 is 4.74 Å². The molecule has 1 aromatic rings. The molecule has 0 spiro atoms. The molecule has 2 nitrogen and oxygen atoms in total. The number of nitrogens with one attached hydrogen (secondary N) is 1. The van der Waals surface area contributed by atoms with Crippen LogP contribution >= 0.6 is 0 Å². The van der Waals surface area contributed by atoms with Crippen molar-refractivity contribution in [2.45, 2.75) is 25.8 Å². The highest BCUT2D eigenvalue weighted by molar-refractivity contribution is 5.26. The van der Waals surface area contributed by atoms with E-state index < -0.39 is 0 Å². The minimum Gasteiger partial charge on any atom is -0.496 e. The Bertz CT molecular complexity index is 345. The summed E-state index contributed by atoms with van der Waals surface area (Å²) in [6, 6.07) is 10.7. The molecule has 1 aromatic carbocycles. The Morgan fingerprint density at radius 2 is 2.12 bits per heavy atom. The molecule has 0 bridgehead atoms. The summed E-state index contributed by atoms with van der Waals surface area (Å²) in [6.07, 6.45) is 4.36. The fourth-order valence-corrected chi connectivity index (χ4v) is 1.95. The third-order valence-electron chi connectivity index (χ3n) is 2.75. The Morgan fingerprint density at radius 1 is 1.31 bits per heavy atom. The number of benzene rings is 1. The molecule has 1 N–H and O–H groups in total. The van der Waals surface area contributed by atoms with Crippen molar-refractivity contribution in [3.63, 3.8) is 0 Å². The first kappa shape index (κ1) is 11.2. The van der Waals surface area contributed by atoms with Crippen molar-refractivity contribution in [2.75, 3.05) is 13.2 Å². The van der Waals surface area contributed by atoms with Gasteiger partial charge in [-0.05, 0) is 24.6 Å². The van der Waals surface area contributed by atoms with Crippen molar-refractivity contribution in [3.8, 4) is 0 Å². The van der Waals surface area contributed by atoms with Crippen LogP contribution in [0.15, 0.2) is 42.2 Å². The molecule has 2 heteroatoms. The summed E-state index contributed by atoms with van der Waals surface area (Å²) in [5.74, 6) is 1.08. The molecule has 0 aliphatic carbocycles. The molecule has 0 amide bonds. The zero-order valence-corrected chi connectivity index (χ0v) is 9.78. The molecule has 0 saturated heterocycles. The molecule has 1 atom stereocenters. The van der Waals surface area contributed by atoms with Gasteiger partial charge in [-0.2, -0.15) is 0 Å². The lowest BCUT2D eigenvalue weighted by Crippen LogP contribution is -2.24. The van der Waals surface area contributed by atoms with E-state index in [-0.39, 0.29) is 6.04 Å². The van der Waals surface area contributed by atoms with E-state index in [9.17, 15) is 0 Å². The Labute approximate surface area is 97.3 Å². The van der Waals surface area contributed by atoms with E-state index in [1.54, 1.807) is 0 Å². The number of rotatable bonds is 5. The Hall–Kier alpha value is -1.28. The third kappa shape index (κ3) is 2.64. The van der Waals surface area contributed by atoms with Gasteiger partial charge in [0.05, 0.1) is 12.6 Å². The van der Waals surface area contributed by atoms with Crippen LogP contribution in [0.4, 0.5) is 0 Å². The van der Waals surface area contributed by atoms with Crippen LogP contribution in [0.25, 0.3) is 0 Å². The second-order valence-corrected chi connectivity index (χ2v) is 4.04. The van der Waals surface area contributed by atoms with Crippen LogP contribution in [0, 0.1) is 0 Å². The van der Waals surface area contributed by atoms with E-state index in [4.69, 9.17) is 4.74 Å². The molecule has 16 heavy (non-hydrogen) atoms. The van der Waals surface area contributed by atoms with Crippen molar-refractivity contribution in [1.82, 2.24) is 5.32 Å². The molecule has 1 aliphatic rings. The van der Waals surface area contributed by atoms with Crippen LogP contribution in [0.1, 0.15) is 31.4 Å². The summed E-state index contributed by atoms with van der Waals surface area (Å²) in [5.41, 5.74) is 1.28. The van der Waals surface area contributed by atoms with E-state index >= 15 is 0 Å². The van der Waals surface area contributed by atoms with E-state index in [1.807, 2.05) is 6.07 Å². The largest absolute Gasteiger partial charge is 0.496 e. The monoisotopic (exact) mass is 217 g/mol. The van der Waals surface area contributed by atoms with Crippen LogP contribution in [-0.2, 0) is 4.74 Å². The average molecular weight is 217 g/mol. The summed E-state index contributed by atoms with van der Waals surface area (Å²) >= 11 is 0. The van der Waals surface area contributed by atoms with Gasteiger partial charge >= 0.3 is 0 Å². The molecular formula is C14H19NO. The second-order valence-electron chi connectivity index (χ2n) is 4.04. The fourth-order valence-electron chi connectivity index (χ4n) is 1.95. The van der Waals surface area contributed by atoms with Crippen LogP contribution < -0.4 is 5.32 Å². The molecule has 1 heterocycles. The van der Waals surface area contributed by atoms with Crippen LogP contribution in [-0.4, -0.2) is 13.2 Å². The predicted octanol–water partition coefficient (Wildman–Crippen LogP) is 3.03. The van der Waals surface area contributed by atoms with E-state index in [0.29, 0.717) is 0 Å². The highest BCUT2D eigenvalue weighted by Crippen LogP contribution is 2.26. The highest BCUT2D eigenvalue weighted by Gasteiger charge is 2.19.